The highest BCUT2D eigenvalue weighted by molar-refractivity contribution is 7.89. The molecule has 1 aliphatic heterocycles. The van der Waals surface area contributed by atoms with Crippen molar-refractivity contribution in [1.29, 1.82) is 0 Å². The minimum atomic E-state index is -3.54. The van der Waals surface area contributed by atoms with Gasteiger partial charge in [0.1, 0.15) is 10.7 Å². The van der Waals surface area contributed by atoms with Crippen molar-refractivity contribution in [3.05, 3.63) is 35.8 Å². The lowest BCUT2D eigenvalue weighted by atomic mass is 10.1. The van der Waals surface area contributed by atoms with Gasteiger partial charge in [0.2, 0.25) is 10.0 Å². The highest BCUT2D eigenvalue weighted by Crippen LogP contribution is 2.28. The van der Waals surface area contributed by atoms with E-state index in [4.69, 9.17) is 0 Å². The van der Waals surface area contributed by atoms with Gasteiger partial charge in [-0.15, -0.1) is 0 Å². The van der Waals surface area contributed by atoms with Gasteiger partial charge in [0, 0.05) is 33.4 Å². The summed E-state index contributed by atoms with van der Waals surface area (Å²) in [6.45, 7) is 4.80. The molecule has 1 aliphatic rings. The quantitative estimate of drug-likeness (QED) is 0.832. The van der Waals surface area contributed by atoms with E-state index in [2.05, 4.69) is 15.0 Å². The third-order valence-electron chi connectivity index (χ3n) is 4.43. The highest BCUT2D eigenvalue weighted by Gasteiger charge is 2.39. The summed E-state index contributed by atoms with van der Waals surface area (Å²) in [4.78, 5) is 6.68. The van der Waals surface area contributed by atoms with Crippen molar-refractivity contribution >= 4 is 15.8 Å². The number of sulfonamides is 1. The predicted molar refractivity (Wildman–Crippen MR) is 87.9 cm³/mol. The fourth-order valence-electron chi connectivity index (χ4n) is 2.88. The molecular weight excluding hydrogens is 314 g/mol. The zero-order valence-electron chi connectivity index (χ0n) is 13.8. The molecule has 8 heteroatoms. The lowest BCUT2D eigenvalue weighted by Gasteiger charge is -2.43. The molecule has 2 aromatic heterocycles. The van der Waals surface area contributed by atoms with Gasteiger partial charge in [-0.3, -0.25) is 4.68 Å². The first-order valence-electron chi connectivity index (χ1n) is 7.46. The number of hydrogen-bond donors (Lipinski definition) is 0. The summed E-state index contributed by atoms with van der Waals surface area (Å²) in [6.07, 6.45) is 1.74. The second-order valence-corrected chi connectivity index (χ2v) is 7.83. The molecule has 0 radical (unpaired) electrons. The van der Waals surface area contributed by atoms with Crippen LogP contribution in [0.5, 0.6) is 0 Å². The fourth-order valence-corrected chi connectivity index (χ4v) is 4.61. The van der Waals surface area contributed by atoms with Crippen molar-refractivity contribution in [2.45, 2.75) is 24.8 Å². The molecule has 23 heavy (non-hydrogen) atoms. The first-order valence-corrected chi connectivity index (χ1v) is 8.90. The van der Waals surface area contributed by atoms with Crippen molar-refractivity contribution in [2.75, 3.05) is 25.0 Å². The van der Waals surface area contributed by atoms with Crippen LogP contribution < -0.4 is 4.90 Å². The zero-order valence-corrected chi connectivity index (χ0v) is 14.6. The molecule has 1 fully saturated rings. The topological polar surface area (TPSA) is 71.3 Å². The number of aromatic nitrogens is 3. The minimum absolute atomic E-state index is 0.0546. The van der Waals surface area contributed by atoms with E-state index in [-0.39, 0.29) is 6.04 Å². The number of likely N-dealkylation sites (N-methyl/N-ethyl adjacent to an activating group) is 1. The molecule has 0 aliphatic carbocycles. The maximum Gasteiger partial charge on any atom is 0.246 e. The average molecular weight is 335 g/mol. The van der Waals surface area contributed by atoms with Crippen LogP contribution in [0.2, 0.25) is 0 Å². The Hall–Kier alpha value is -1.93. The summed E-state index contributed by atoms with van der Waals surface area (Å²) in [5, 5.41) is 4.22. The molecule has 0 N–H and O–H groups in total. The Morgan fingerprint density at radius 3 is 2.48 bits per heavy atom. The number of nitrogens with zero attached hydrogens (tertiary/aromatic N) is 5. The van der Waals surface area contributed by atoms with E-state index in [1.54, 1.807) is 38.8 Å². The molecule has 0 saturated carbocycles. The van der Waals surface area contributed by atoms with Crippen molar-refractivity contribution in [1.82, 2.24) is 19.1 Å². The molecule has 0 spiro atoms. The summed E-state index contributed by atoms with van der Waals surface area (Å²) in [5.41, 5.74) is 1.20. The van der Waals surface area contributed by atoms with Crippen molar-refractivity contribution in [2.24, 2.45) is 7.05 Å². The Morgan fingerprint density at radius 2 is 1.96 bits per heavy atom. The van der Waals surface area contributed by atoms with E-state index < -0.39 is 10.0 Å². The molecule has 0 amide bonds. The fraction of sp³-hybridized carbons (Fsp3) is 0.467. The van der Waals surface area contributed by atoms with Gasteiger partial charge in [0.25, 0.3) is 0 Å². The molecule has 1 saturated heterocycles. The number of rotatable bonds is 4. The summed E-state index contributed by atoms with van der Waals surface area (Å²) < 4.78 is 28.9. The lowest BCUT2D eigenvalue weighted by Crippen LogP contribution is -2.60. The van der Waals surface area contributed by atoms with Crippen LogP contribution in [0.4, 0.5) is 5.82 Å². The number of pyridine rings is 1. The van der Waals surface area contributed by atoms with Gasteiger partial charge in [-0.2, -0.15) is 9.40 Å². The van der Waals surface area contributed by atoms with Crippen LogP contribution in [0.1, 0.15) is 11.4 Å². The van der Waals surface area contributed by atoms with Crippen LogP contribution in [-0.2, 0) is 17.1 Å². The van der Waals surface area contributed by atoms with Crippen LogP contribution in [0.3, 0.4) is 0 Å². The third kappa shape index (κ3) is 2.61. The molecule has 2 aromatic rings. The minimum Gasteiger partial charge on any atom is -0.353 e. The second-order valence-electron chi connectivity index (χ2n) is 5.89. The Morgan fingerprint density at radius 1 is 1.26 bits per heavy atom. The monoisotopic (exact) mass is 335 g/mol. The summed E-state index contributed by atoms with van der Waals surface area (Å²) in [5.74, 6) is 0.878. The van der Waals surface area contributed by atoms with Gasteiger partial charge < -0.3 is 4.90 Å². The van der Waals surface area contributed by atoms with Gasteiger partial charge in [-0.25, -0.2) is 13.4 Å². The molecule has 0 aromatic carbocycles. The first kappa shape index (κ1) is 15.9. The maximum absolute atomic E-state index is 12.9. The number of aryl methyl sites for hydroxylation is 2. The van der Waals surface area contributed by atoms with Gasteiger partial charge in [0.05, 0.1) is 17.4 Å². The highest BCUT2D eigenvalue weighted by atomic mass is 32.2. The zero-order chi connectivity index (χ0) is 16.8. The Bertz CT molecular complexity index is 810. The molecule has 124 valence electrons. The first-order chi connectivity index (χ1) is 10.8. The summed E-state index contributed by atoms with van der Waals surface area (Å²) >= 11 is 0. The Balaban J connectivity index is 1.78. The van der Waals surface area contributed by atoms with Crippen LogP contribution in [0.15, 0.2) is 29.3 Å². The SMILES string of the molecule is Cc1nn(C)c(C)c1S(=O)(=O)N(C)C1CN(c2ccccn2)C1. The molecule has 0 unspecified atom stereocenters. The third-order valence-corrected chi connectivity index (χ3v) is 6.59. The van der Waals surface area contributed by atoms with Gasteiger partial charge in [0.15, 0.2) is 0 Å². The number of hydrogen-bond acceptors (Lipinski definition) is 5. The standard InChI is InChI=1S/C15H21N5O2S/c1-11-15(12(2)18(3)17-11)23(21,22)19(4)13-9-20(10-13)14-7-5-6-8-16-14/h5-8,13H,9-10H2,1-4H3. The van der Waals surface area contributed by atoms with Crippen LogP contribution in [0.25, 0.3) is 0 Å². The van der Waals surface area contributed by atoms with E-state index in [0.29, 0.717) is 29.4 Å². The average Bonchev–Trinajstić information content (AvgIpc) is 2.72. The molecule has 0 bridgehead atoms. The van der Waals surface area contributed by atoms with E-state index >= 15 is 0 Å². The largest absolute Gasteiger partial charge is 0.353 e. The number of anilines is 1. The smallest absolute Gasteiger partial charge is 0.246 e. The van der Waals surface area contributed by atoms with E-state index in [0.717, 1.165) is 5.82 Å². The molecule has 7 nitrogen and oxygen atoms in total. The van der Waals surface area contributed by atoms with Crippen molar-refractivity contribution in [3.63, 3.8) is 0 Å². The predicted octanol–water partition coefficient (Wildman–Crippen LogP) is 0.941. The van der Waals surface area contributed by atoms with E-state index in [1.165, 1.54) is 4.31 Å². The van der Waals surface area contributed by atoms with Crippen molar-refractivity contribution < 1.29 is 8.42 Å². The summed E-state index contributed by atoms with van der Waals surface area (Å²) in [6, 6.07) is 5.67. The maximum atomic E-state index is 12.9. The van der Waals surface area contributed by atoms with Gasteiger partial charge in [-0.1, -0.05) is 6.07 Å². The van der Waals surface area contributed by atoms with Crippen LogP contribution >= 0.6 is 0 Å². The molecular formula is C15H21N5O2S. The summed E-state index contributed by atoms with van der Waals surface area (Å²) in [7, 11) is -0.144. The lowest BCUT2D eigenvalue weighted by molar-refractivity contribution is 0.309. The normalized spacial score (nSPS) is 16.0. The molecule has 3 rings (SSSR count). The Labute approximate surface area is 136 Å². The van der Waals surface area contributed by atoms with Gasteiger partial charge >= 0.3 is 0 Å². The van der Waals surface area contributed by atoms with Crippen LogP contribution in [-0.4, -0.2) is 53.7 Å². The van der Waals surface area contributed by atoms with Crippen molar-refractivity contribution in [3.8, 4) is 0 Å². The Kier molecular flexibility index (Phi) is 3.89. The molecule has 0 atom stereocenters. The van der Waals surface area contributed by atoms with Gasteiger partial charge in [-0.05, 0) is 26.0 Å². The van der Waals surface area contributed by atoms with E-state index in [9.17, 15) is 8.42 Å². The van der Waals surface area contributed by atoms with Crippen LogP contribution in [0, 0.1) is 13.8 Å². The second kappa shape index (κ2) is 5.61. The molecule has 3 heterocycles. The van der Waals surface area contributed by atoms with E-state index in [1.807, 2.05) is 18.2 Å².